The van der Waals surface area contributed by atoms with Gasteiger partial charge in [-0.15, -0.1) is 0 Å². The van der Waals surface area contributed by atoms with Gasteiger partial charge in [-0.25, -0.2) is 8.42 Å². The number of benzene rings is 1. The Morgan fingerprint density at radius 3 is 2.86 bits per heavy atom. The molecule has 0 aromatic heterocycles. The van der Waals surface area contributed by atoms with E-state index in [4.69, 9.17) is 15.2 Å². The van der Waals surface area contributed by atoms with Crippen LogP contribution in [0, 0.1) is 0 Å². The zero-order valence-corrected chi connectivity index (χ0v) is 13.0. The molecule has 0 aliphatic carbocycles. The van der Waals surface area contributed by atoms with Crippen LogP contribution >= 0.6 is 0 Å². The summed E-state index contributed by atoms with van der Waals surface area (Å²) >= 11 is 0. The number of piperidine rings is 1. The first-order chi connectivity index (χ1) is 10.0. The molecule has 21 heavy (non-hydrogen) atoms. The average molecular weight is 314 g/mol. The van der Waals surface area contributed by atoms with Crippen molar-refractivity contribution < 1.29 is 17.9 Å². The average Bonchev–Trinajstić information content (AvgIpc) is 2.49. The van der Waals surface area contributed by atoms with Gasteiger partial charge in [0.1, 0.15) is 12.4 Å². The molecule has 1 aromatic carbocycles. The van der Waals surface area contributed by atoms with E-state index < -0.39 is 10.0 Å². The van der Waals surface area contributed by atoms with Crippen LogP contribution in [0.15, 0.2) is 24.3 Å². The molecule has 1 fully saturated rings. The van der Waals surface area contributed by atoms with Crippen molar-refractivity contribution in [3.05, 3.63) is 24.3 Å². The quantitative estimate of drug-likeness (QED) is 0.795. The number of anilines is 1. The number of nitrogens with two attached hydrogens (primary N) is 1. The normalized spacial score (nSPS) is 20.3. The minimum Gasteiger partial charge on any atom is -0.490 e. The van der Waals surface area contributed by atoms with Crippen molar-refractivity contribution in [2.75, 3.05) is 38.3 Å². The molecule has 0 spiro atoms. The minimum absolute atomic E-state index is 0.0146. The lowest BCUT2D eigenvalue weighted by Crippen LogP contribution is -2.44. The van der Waals surface area contributed by atoms with E-state index >= 15 is 0 Å². The highest BCUT2D eigenvalue weighted by atomic mass is 32.2. The molecule has 1 aliphatic heterocycles. The van der Waals surface area contributed by atoms with Crippen LogP contribution in [-0.4, -0.2) is 51.4 Å². The van der Waals surface area contributed by atoms with E-state index in [-0.39, 0.29) is 18.5 Å². The maximum Gasteiger partial charge on any atom is 0.217 e. The topological polar surface area (TPSA) is 81.9 Å². The number of ether oxygens (including phenoxy) is 2. The zero-order chi connectivity index (χ0) is 15.3. The van der Waals surface area contributed by atoms with Crippen LogP contribution in [0.5, 0.6) is 5.75 Å². The van der Waals surface area contributed by atoms with E-state index in [1.54, 1.807) is 31.4 Å². The number of nitrogens with zero attached hydrogens (tertiary/aromatic N) is 1. The monoisotopic (exact) mass is 314 g/mol. The van der Waals surface area contributed by atoms with Gasteiger partial charge in [-0.05, 0) is 25.0 Å². The molecule has 0 radical (unpaired) electrons. The smallest absolute Gasteiger partial charge is 0.217 e. The third-order valence-electron chi connectivity index (χ3n) is 3.59. The van der Waals surface area contributed by atoms with Crippen LogP contribution in [0.2, 0.25) is 0 Å². The van der Waals surface area contributed by atoms with Crippen LogP contribution in [0.3, 0.4) is 0 Å². The number of hydrogen-bond donors (Lipinski definition) is 1. The minimum atomic E-state index is -3.32. The lowest BCUT2D eigenvalue weighted by atomic mass is 10.1. The Hall–Kier alpha value is -1.31. The lowest BCUT2D eigenvalue weighted by Gasteiger charge is -2.31. The van der Waals surface area contributed by atoms with Crippen LogP contribution in [0.1, 0.15) is 12.8 Å². The van der Waals surface area contributed by atoms with E-state index in [9.17, 15) is 8.42 Å². The molecule has 0 saturated carbocycles. The fourth-order valence-electron chi connectivity index (χ4n) is 2.35. The van der Waals surface area contributed by atoms with E-state index in [2.05, 4.69) is 0 Å². The Bertz CT molecular complexity index is 562. The highest BCUT2D eigenvalue weighted by Gasteiger charge is 2.28. The SMILES string of the molecule is COC1CCCN(S(=O)(=O)CCOc2ccccc2N)C1. The van der Waals surface area contributed by atoms with E-state index in [1.165, 1.54) is 4.31 Å². The summed E-state index contributed by atoms with van der Waals surface area (Å²) in [6.07, 6.45) is 1.71. The van der Waals surface area contributed by atoms with E-state index in [0.29, 0.717) is 24.5 Å². The van der Waals surface area contributed by atoms with E-state index in [1.807, 2.05) is 0 Å². The maximum absolute atomic E-state index is 12.3. The molecule has 2 rings (SSSR count). The molecule has 1 unspecified atom stereocenters. The Labute approximate surface area is 125 Å². The Morgan fingerprint density at radius 1 is 1.38 bits per heavy atom. The highest BCUT2D eigenvalue weighted by molar-refractivity contribution is 7.89. The second-order valence-corrected chi connectivity index (χ2v) is 7.15. The fourth-order valence-corrected chi connectivity index (χ4v) is 3.70. The summed E-state index contributed by atoms with van der Waals surface area (Å²) in [7, 11) is -1.71. The van der Waals surface area contributed by atoms with Crippen molar-refractivity contribution >= 4 is 15.7 Å². The number of rotatable bonds is 6. The highest BCUT2D eigenvalue weighted by Crippen LogP contribution is 2.20. The van der Waals surface area contributed by atoms with Crippen molar-refractivity contribution in [3.8, 4) is 5.75 Å². The van der Waals surface area contributed by atoms with Gasteiger partial charge in [0.15, 0.2) is 0 Å². The van der Waals surface area contributed by atoms with Gasteiger partial charge in [0.05, 0.1) is 17.5 Å². The van der Waals surface area contributed by atoms with Crippen molar-refractivity contribution in [1.82, 2.24) is 4.31 Å². The largest absolute Gasteiger partial charge is 0.490 e. The summed E-state index contributed by atoms with van der Waals surface area (Å²) in [5.74, 6) is 0.457. The molecule has 1 aromatic rings. The summed E-state index contributed by atoms with van der Waals surface area (Å²) in [6.45, 7) is 1.06. The molecule has 1 atom stereocenters. The van der Waals surface area contributed by atoms with Crippen molar-refractivity contribution in [2.24, 2.45) is 0 Å². The molecular formula is C14H22N2O4S. The van der Waals surface area contributed by atoms with Crippen molar-refractivity contribution in [1.29, 1.82) is 0 Å². The summed E-state index contributed by atoms with van der Waals surface area (Å²) in [6, 6.07) is 7.05. The number of para-hydroxylation sites is 2. The molecule has 1 heterocycles. The molecule has 7 heteroatoms. The predicted molar refractivity (Wildman–Crippen MR) is 81.7 cm³/mol. The van der Waals surface area contributed by atoms with E-state index in [0.717, 1.165) is 12.8 Å². The second-order valence-electron chi connectivity index (χ2n) is 5.06. The first kappa shape index (κ1) is 16.1. The fraction of sp³-hybridized carbons (Fsp3) is 0.571. The summed E-state index contributed by atoms with van der Waals surface area (Å²) in [4.78, 5) is 0. The van der Waals surface area contributed by atoms with Gasteiger partial charge in [0.2, 0.25) is 10.0 Å². The number of methoxy groups -OCH3 is 1. The van der Waals surface area contributed by atoms with Gasteiger partial charge in [0, 0.05) is 20.2 Å². The van der Waals surface area contributed by atoms with Gasteiger partial charge in [-0.1, -0.05) is 12.1 Å². The third-order valence-corrected chi connectivity index (χ3v) is 5.39. The van der Waals surface area contributed by atoms with Crippen LogP contribution in [0.25, 0.3) is 0 Å². The first-order valence-electron chi connectivity index (χ1n) is 7.01. The molecule has 118 valence electrons. The van der Waals surface area contributed by atoms with Crippen LogP contribution < -0.4 is 10.5 Å². The molecule has 1 saturated heterocycles. The Morgan fingerprint density at radius 2 is 2.14 bits per heavy atom. The Balaban J connectivity index is 1.88. The standard InChI is InChI=1S/C14H22N2O4S/c1-19-12-5-4-8-16(11-12)21(17,18)10-9-20-14-7-3-2-6-13(14)15/h2-3,6-7,12H,4-5,8-11,15H2,1H3. The summed E-state index contributed by atoms with van der Waals surface area (Å²) in [5, 5.41) is 0. The number of hydrogen-bond acceptors (Lipinski definition) is 5. The van der Waals surface area contributed by atoms with Gasteiger partial charge in [-0.3, -0.25) is 0 Å². The van der Waals surface area contributed by atoms with Gasteiger partial charge in [-0.2, -0.15) is 4.31 Å². The van der Waals surface area contributed by atoms with Gasteiger partial charge in [0.25, 0.3) is 0 Å². The molecule has 0 bridgehead atoms. The maximum atomic E-state index is 12.3. The van der Waals surface area contributed by atoms with Gasteiger partial charge >= 0.3 is 0 Å². The predicted octanol–water partition coefficient (Wildman–Crippen LogP) is 1.09. The second kappa shape index (κ2) is 7.11. The Kier molecular flexibility index (Phi) is 5.44. The molecule has 0 amide bonds. The number of nitrogen functional groups attached to an aromatic ring is 1. The number of sulfonamides is 1. The zero-order valence-electron chi connectivity index (χ0n) is 12.2. The molecule has 1 aliphatic rings. The first-order valence-corrected chi connectivity index (χ1v) is 8.62. The summed E-state index contributed by atoms with van der Waals surface area (Å²) < 4.78 is 36.8. The van der Waals surface area contributed by atoms with Crippen LogP contribution in [0.4, 0.5) is 5.69 Å². The van der Waals surface area contributed by atoms with Crippen molar-refractivity contribution in [3.63, 3.8) is 0 Å². The molecule has 2 N–H and O–H groups in total. The molecule has 6 nitrogen and oxygen atoms in total. The third kappa shape index (κ3) is 4.33. The molecular weight excluding hydrogens is 292 g/mol. The van der Waals surface area contributed by atoms with Crippen molar-refractivity contribution in [2.45, 2.75) is 18.9 Å². The summed E-state index contributed by atoms with van der Waals surface area (Å²) in [5.41, 5.74) is 6.25. The van der Waals surface area contributed by atoms with Crippen LogP contribution in [-0.2, 0) is 14.8 Å². The van der Waals surface area contributed by atoms with Gasteiger partial charge < -0.3 is 15.2 Å². The lowest BCUT2D eigenvalue weighted by molar-refractivity contribution is 0.0571.